The van der Waals surface area contributed by atoms with Crippen LogP contribution in [0.4, 0.5) is 5.69 Å². The Kier molecular flexibility index (Phi) is 4.69. The van der Waals surface area contributed by atoms with Gasteiger partial charge in [-0.05, 0) is 57.5 Å². The van der Waals surface area contributed by atoms with Crippen LogP contribution in [0.15, 0.2) is 24.3 Å². The number of anilines is 1. The van der Waals surface area contributed by atoms with Crippen LogP contribution in [0.2, 0.25) is 0 Å². The van der Waals surface area contributed by atoms with Crippen molar-refractivity contribution >= 4 is 11.6 Å². The third-order valence-electron chi connectivity index (χ3n) is 6.35. The van der Waals surface area contributed by atoms with Crippen LogP contribution in [-0.4, -0.2) is 60.5 Å². The molecule has 136 valence electrons. The molecule has 3 aliphatic rings. The van der Waals surface area contributed by atoms with Gasteiger partial charge in [0.15, 0.2) is 0 Å². The summed E-state index contributed by atoms with van der Waals surface area (Å²) in [5, 5.41) is 6.87. The third-order valence-corrected chi connectivity index (χ3v) is 6.35. The van der Waals surface area contributed by atoms with Crippen LogP contribution in [0.3, 0.4) is 0 Å². The van der Waals surface area contributed by atoms with E-state index in [-0.39, 0.29) is 11.4 Å². The van der Waals surface area contributed by atoms with Crippen molar-refractivity contribution in [2.45, 2.75) is 50.2 Å². The van der Waals surface area contributed by atoms with Gasteiger partial charge in [-0.3, -0.25) is 4.79 Å². The van der Waals surface area contributed by atoms with Crippen molar-refractivity contribution in [1.29, 1.82) is 0 Å². The molecule has 3 heterocycles. The number of carbonyl (C=O) groups excluding carboxylic acids is 1. The van der Waals surface area contributed by atoms with Crippen LogP contribution in [0.5, 0.6) is 0 Å². The summed E-state index contributed by atoms with van der Waals surface area (Å²) >= 11 is 0. The molecule has 2 fully saturated rings. The van der Waals surface area contributed by atoms with E-state index in [9.17, 15) is 4.79 Å². The molecule has 5 nitrogen and oxygen atoms in total. The molecule has 3 aliphatic heterocycles. The number of hydrogen-bond donors (Lipinski definition) is 2. The number of rotatable bonds is 1. The first kappa shape index (κ1) is 16.9. The van der Waals surface area contributed by atoms with E-state index in [4.69, 9.17) is 0 Å². The molecule has 4 rings (SSSR count). The van der Waals surface area contributed by atoms with Gasteiger partial charge >= 0.3 is 0 Å². The van der Waals surface area contributed by atoms with Gasteiger partial charge in [0.05, 0.1) is 0 Å². The molecule has 1 aromatic carbocycles. The number of nitrogens with zero attached hydrogens (tertiary/aromatic N) is 2. The summed E-state index contributed by atoms with van der Waals surface area (Å²) in [6.07, 6.45) is 5.23. The zero-order chi connectivity index (χ0) is 17.3. The van der Waals surface area contributed by atoms with Crippen molar-refractivity contribution in [3.05, 3.63) is 29.8 Å². The maximum Gasteiger partial charge on any atom is 0.222 e. The van der Waals surface area contributed by atoms with E-state index < -0.39 is 0 Å². The molecule has 1 aromatic rings. The number of amides is 1. The van der Waals surface area contributed by atoms with E-state index in [1.807, 2.05) is 6.07 Å². The SMILES string of the molecule is CN1CCC(N2CCC3(CC2)CC(=O)NCc2ccccc2N3)CC1. The molecular formula is C20H30N4O. The van der Waals surface area contributed by atoms with Crippen molar-refractivity contribution in [2.75, 3.05) is 38.5 Å². The Morgan fingerprint density at radius 1 is 1.08 bits per heavy atom. The predicted octanol–water partition coefficient (Wildman–Crippen LogP) is 2.05. The third kappa shape index (κ3) is 3.67. The largest absolute Gasteiger partial charge is 0.379 e. The number of benzene rings is 1. The van der Waals surface area contributed by atoms with Crippen molar-refractivity contribution in [2.24, 2.45) is 0 Å². The second kappa shape index (κ2) is 6.96. The minimum atomic E-state index is -0.0947. The first-order valence-electron chi connectivity index (χ1n) is 9.69. The Morgan fingerprint density at radius 2 is 1.80 bits per heavy atom. The van der Waals surface area contributed by atoms with Gasteiger partial charge in [0.25, 0.3) is 0 Å². The fraction of sp³-hybridized carbons (Fsp3) is 0.650. The maximum atomic E-state index is 12.4. The minimum absolute atomic E-state index is 0.0947. The molecule has 0 saturated carbocycles. The predicted molar refractivity (Wildman–Crippen MR) is 101 cm³/mol. The monoisotopic (exact) mass is 342 g/mol. The highest BCUT2D eigenvalue weighted by molar-refractivity contribution is 5.79. The van der Waals surface area contributed by atoms with Gasteiger partial charge in [-0.1, -0.05) is 18.2 Å². The van der Waals surface area contributed by atoms with Crippen LogP contribution in [0.25, 0.3) is 0 Å². The fourth-order valence-electron chi connectivity index (χ4n) is 4.67. The molecule has 0 radical (unpaired) electrons. The Hall–Kier alpha value is -1.59. The molecule has 2 saturated heterocycles. The van der Waals surface area contributed by atoms with E-state index in [2.05, 4.69) is 45.7 Å². The Labute approximate surface area is 150 Å². The highest BCUT2D eigenvalue weighted by Gasteiger charge is 2.39. The highest BCUT2D eigenvalue weighted by atomic mass is 16.1. The zero-order valence-electron chi connectivity index (χ0n) is 15.3. The summed E-state index contributed by atoms with van der Waals surface area (Å²) < 4.78 is 0. The number of para-hydroxylation sites is 1. The second-order valence-corrected chi connectivity index (χ2v) is 8.09. The lowest BCUT2D eigenvalue weighted by atomic mass is 9.82. The lowest BCUT2D eigenvalue weighted by Crippen LogP contribution is -2.55. The average Bonchev–Trinajstić information content (AvgIpc) is 2.61. The molecule has 0 aromatic heterocycles. The maximum absolute atomic E-state index is 12.4. The number of piperidine rings is 2. The lowest BCUT2D eigenvalue weighted by molar-refractivity contribution is -0.122. The Bertz CT molecular complexity index is 616. The summed E-state index contributed by atoms with van der Waals surface area (Å²) in [7, 11) is 2.22. The van der Waals surface area contributed by atoms with E-state index >= 15 is 0 Å². The first-order valence-corrected chi connectivity index (χ1v) is 9.69. The van der Waals surface area contributed by atoms with Gasteiger partial charge in [-0.15, -0.1) is 0 Å². The number of likely N-dealkylation sites (tertiary alicyclic amines) is 2. The molecule has 0 bridgehead atoms. The summed E-state index contributed by atoms with van der Waals surface area (Å²) in [6.45, 7) is 5.23. The van der Waals surface area contributed by atoms with Gasteiger partial charge in [-0.2, -0.15) is 0 Å². The van der Waals surface area contributed by atoms with Crippen LogP contribution in [-0.2, 0) is 11.3 Å². The summed E-state index contributed by atoms with van der Waals surface area (Å²) in [5.41, 5.74) is 2.28. The smallest absolute Gasteiger partial charge is 0.222 e. The van der Waals surface area contributed by atoms with Gasteiger partial charge in [0.1, 0.15) is 0 Å². The molecule has 5 heteroatoms. The van der Waals surface area contributed by atoms with Gasteiger partial charge in [0, 0.05) is 43.3 Å². The summed E-state index contributed by atoms with van der Waals surface area (Å²) in [5.74, 6) is 0.176. The number of carbonyl (C=O) groups is 1. The Balaban J connectivity index is 1.46. The standard InChI is InChI=1S/C20H30N4O/c1-23-10-6-17(7-11-23)24-12-8-20(9-13-24)14-19(25)21-15-16-4-2-3-5-18(16)22-20/h2-5,17,22H,6-15H2,1H3,(H,21,25). The average molecular weight is 342 g/mol. The van der Waals surface area contributed by atoms with Crippen LogP contribution < -0.4 is 10.6 Å². The number of nitrogens with one attached hydrogen (secondary N) is 2. The molecular weight excluding hydrogens is 312 g/mol. The van der Waals surface area contributed by atoms with Gasteiger partial charge in [0.2, 0.25) is 5.91 Å². The van der Waals surface area contributed by atoms with Crippen molar-refractivity contribution < 1.29 is 4.79 Å². The van der Waals surface area contributed by atoms with Crippen molar-refractivity contribution in [3.63, 3.8) is 0 Å². The van der Waals surface area contributed by atoms with E-state index in [0.29, 0.717) is 13.0 Å². The summed E-state index contributed by atoms with van der Waals surface area (Å²) in [6, 6.07) is 9.11. The van der Waals surface area contributed by atoms with E-state index in [1.165, 1.54) is 37.2 Å². The fourth-order valence-corrected chi connectivity index (χ4v) is 4.67. The lowest BCUT2D eigenvalue weighted by Gasteiger charge is -2.47. The molecule has 1 amide bonds. The molecule has 0 atom stereocenters. The summed E-state index contributed by atoms with van der Waals surface area (Å²) in [4.78, 5) is 17.5. The second-order valence-electron chi connectivity index (χ2n) is 8.09. The molecule has 0 unspecified atom stereocenters. The minimum Gasteiger partial charge on any atom is -0.379 e. The van der Waals surface area contributed by atoms with Gasteiger partial charge < -0.3 is 20.4 Å². The highest BCUT2D eigenvalue weighted by Crippen LogP contribution is 2.34. The topological polar surface area (TPSA) is 47.6 Å². The normalized spacial score (nSPS) is 25.6. The van der Waals surface area contributed by atoms with Crippen LogP contribution in [0.1, 0.15) is 37.7 Å². The zero-order valence-corrected chi connectivity index (χ0v) is 15.3. The van der Waals surface area contributed by atoms with Crippen molar-refractivity contribution in [1.82, 2.24) is 15.1 Å². The van der Waals surface area contributed by atoms with Gasteiger partial charge in [-0.25, -0.2) is 0 Å². The van der Waals surface area contributed by atoms with Crippen LogP contribution in [0, 0.1) is 0 Å². The molecule has 0 aliphatic carbocycles. The molecule has 2 N–H and O–H groups in total. The number of fused-ring (bicyclic) bond motifs is 1. The quantitative estimate of drug-likeness (QED) is 0.820. The van der Waals surface area contributed by atoms with E-state index in [0.717, 1.165) is 32.0 Å². The molecule has 25 heavy (non-hydrogen) atoms. The van der Waals surface area contributed by atoms with Crippen molar-refractivity contribution in [3.8, 4) is 0 Å². The van der Waals surface area contributed by atoms with Crippen LogP contribution >= 0.6 is 0 Å². The van der Waals surface area contributed by atoms with E-state index in [1.54, 1.807) is 0 Å². The Morgan fingerprint density at radius 3 is 2.56 bits per heavy atom. The number of hydrogen-bond acceptors (Lipinski definition) is 4. The molecule has 1 spiro atoms. The first-order chi connectivity index (χ1) is 12.1.